The number of nitrogens with two attached hydrogens (primary N) is 1. The molecule has 2 unspecified atom stereocenters. The SMILES string of the molecule is C=C(CCC(C)c1nc2ccc(C)cc2[nH]1)N1CCCC1CN. The number of rotatable bonds is 6. The fourth-order valence-corrected chi connectivity index (χ4v) is 3.54. The van der Waals surface area contributed by atoms with Crippen LogP contribution in [-0.2, 0) is 0 Å². The Balaban J connectivity index is 1.61. The Morgan fingerprint density at radius 1 is 1.52 bits per heavy atom. The molecule has 1 aromatic heterocycles. The smallest absolute Gasteiger partial charge is 0.110 e. The van der Waals surface area contributed by atoms with Gasteiger partial charge in [0.15, 0.2) is 0 Å². The van der Waals surface area contributed by atoms with Gasteiger partial charge in [0.1, 0.15) is 5.82 Å². The van der Waals surface area contributed by atoms with Crippen LogP contribution < -0.4 is 5.73 Å². The predicted octanol–water partition coefficient (Wildman–Crippen LogP) is 3.69. The second-order valence-corrected chi connectivity index (χ2v) is 6.87. The number of H-pyrrole nitrogens is 1. The minimum atomic E-state index is 0.401. The number of aromatic nitrogens is 2. The number of aromatic amines is 1. The van der Waals surface area contributed by atoms with E-state index in [0.29, 0.717) is 12.0 Å². The zero-order valence-corrected chi connectivity index (χ0v) is 14.3. The standard InChI is InChI=1S/C19H28N4/c1-13-6-9-17-18(11-13)22-19(21-17)14(2)7-8-15(3)23-10-4-5-16(23)12-20/h6,9,11,14,16H,3-5,7-8,10,12,20H2,1-2H3,(H,21,22). The summed E-state index contributed by atoms with van der Waals surface area (Å²) in [7, 11) is 0. The summed E-state index contributed by atoms with van der Waals surface area (Å²) in [6.07, 6.45) is 4.51. The van der Waals surface area contributed by atoms with Gasteiger partial charge >= 0.3 is 0 Å². The van der Waals surface area contributed by atoms with Crippen LogP contribution >= 0.6 is 0 Å². The summed E-state index contributed by atoms with van der Waals surface area (Å²) < 4.78 is 0. The van der Waals surface area contributed by atoms with Crippen molar-refractivity contribution < 1.29 is 0 Å². The van der Waals surface area contributed by atoms with Gasteiger partial charge in [-0.25, -0.2) is 4.98 Å². The van der Waals surface area contributed by atoms with E-state index in [9.17, 15) is 0 Å². The summed E-state index contributed by atoms with van der Waals surface area (Å²) in [4.78, 5) is 10.6. The van der Waals surface area contributed by atoms with Crippen LogP contribution in [0.5, 0.6) is 0 Å². The Morgan fingerprint density at radius 3 is 3.13 bits per heavy atom. The van der Waals surface area contributed by atoms with Gasteiger partial charge < -0.3 is 15.6 Å². The highest BCUT2D eigenvalue weighted by Gasteiger charge is 2.24. The third kappa shape index (κ3) is 3.42. The number of aryl methyl sites for hydroxylation is 1. The number of imidazole rings is 1. The average Bonchev–Trinajstić information content (AvgIpc) is 3.17. The summed E-state index contributed by atoms with van der Waals surface area (Å²) in [5.41, 5.74) is 10.5. The van der Waals surface area contributed by atoms with Crippen molar-refractivity contribution in [1.82, 2.24) is 14.9 Å². The van der Waals surface area contributed by atoms with Crippen molar-refractivity contribution in [3.05, 3.63) is 41.9 Å². The van der Waals surface area contributed by atoms with E-state index in [1.54, 1.807) is 0 Å². The van der Waals surface area contributed by atoms with Crippen LogP contribution in [0.25, 0.3) is 11.0 Å². The maximum atomic E-state index is 5.87. The molecule has 2 aromatic rings. The van der Waals surface area contributed by atoms with E-state index in [0.717, 1.165) is 42.8 Å². The predicted molar refractivity (Wildman–Crippen MR) is 96.4 cm³/mol. The fourth-order valence-electron chi connectivity index (χ4n) is 3.54. The molecule has 4 heteroatoms. The van der Waals surface area contributed by atoms with Crippen LogP contribution in [0.2, 0.25) is 0 Å². The summed E-state index contributed by atoms with van der Waals surface area (Å²) in [6, 6.07) is 6.85. The first kappa shape index (κ1) is 16.1. The Bertz CT molecular complexity index is 688. The van der Waals surface area contributed by atoms with Crippen molar-refractivity contribution in [1.29, 1.82) is 0 Å². The molecule has 0 amide bonds. The van der Waals surface area contributed by atoms with E-state index in [1.165, 1.54) is 24.1 Å². The highest BCUT2D eigenvalue weighted by Crippen LogP contribution is 2.27. The molecule has 1 saturated heterocycles. The Morgan fingerprint density at radius 2 is 2.35 bits per heavy atom. The molecule has 0 spiro atoms. The Kier molecular flexibility index (Phi) is 4.71. The highest BCUT2D eigenvalue weighted by molar-refractivity contribution is 5.75. The van der Waals surface area contributed by atoms with Crippen LogP contribution in [0.15, 0.2) is 30.5 Å². The molecule has 3 rings (SSSR count). The van der Waals surface area contributed by atoms with Crippen LogP contribution in [-0.4, -0.2) is 34.0 Å². The lowest BCUT2D eigenvalue weighted by Crippen LogP contribution is -2.34. The van der Waals surface area contributed by atoms with Gasteiger partial charge in [-0.15, -0.1) is 0 Å². The van der Waals surface area contributed by atoms with Crippen LogP contribution in [0.3, 0.4) is 0 Å². The van der Waals surface area contributed by atoms with E-state index in [1.807, 2.05) is 0 Å². The molecule has 0 radical (unpaired) electrons. The van der Waals surface area contributed by atoms with Gasteiger partial charge in [0.05, 0.1) is 11.0 Å². The third-order valence-electron chi connectivity index (χ3n) is 5.04. The molecule has 1 fully saturated rings. The van der Waals surface area contributed by atoms with Crippen molar-refractivity contribution in [3.8, 4) is 0 Å². The minimum Gasteiger partial charge on any atom is -0.371 e. The molecule has 0 aliphatic carbocycles. The van der Waals surface area contributed by atoms with E-state index in [-0.39, 0.29) is 0 Å². The van der Waals surface area contributed by atoms with Gasteiger partial charge in [0.2, 0.25) is 0 Å². The topological polar surface area (TPSA) is 57.9 Å². The number of nitrogens with zero attached hydrogens (tertiary/aromatic N) is 2. The van der Waals surface area contributed by atoms with E-state index >= 15 is 0 Å². The number of allylic oxidation sites excluding steroid dienone is 1. The molecule has 4 nitrogen and oxygen atoms in total. The number of hydrogen-bond acceptors (Lipinski definition) is 3. The number of nitrogens with one attached hydrogen (secondary N) is 1. The maximum Gasteiger partial charge on any atom is 0.110 e. The molecule has 3 N–H and O–H groups in total. The molecule has 1 aliphatic rings. The van der Waals surface area contributed by atoms with Gasteiger partial charge in [-0.3, -0.25) is 0 Å². The first-order valence-corrected chi connectivity index (χ1v) is 8.69. The zero-order valence-electron chi connectivity index (χ0n) is 14.3. The first-order valence-electron chi connectivity index (χ1n) is 8.69. The largest absolute Gasteiger partial charge is 0.371 e. The third-order valence-corrected chi connectivity index (χ3v) is 5.04. The normalized spacial score (nSPS) is 19.4. The molecular weight excluding hydrogens is 284 g/mol. The Labute approximate surface area is 138 Å². The molecule has 2 heterocycles. The maximum absolute atomic E-state index is 5.87. The summed E-state index contributed by atoms with van der Waals surface area (Å²) in [5.74, 6) is 1.48. The van der Waals surface area contributed by atoms with Crippen LogP contribution in [0.1, 0.15) is 49.9 Å². The summed E-state index contributed by atoms with van der Waals surface area (Å²) in [5, 5.41) is 0. The molecular formula is C19H28N4. The van der Waals surface area contributed by atoms with Crippen LogP contribution in [0, 0.1) is 6.92 Å². The fraction of sp³-hybridized carbons (Fsp3) is 0.526. The average molecular weight is 312 g/mol. The highest BCUT2D eigenvalue weighted by atomic mass is 15.2. The monoisotopic (exact) mass is 312 g/mol. The van der Waals surface area contributed by atoms with E-state index in [2.05, 4.69) is 48.5 Å². The number of likely N-dealkylation sites (tertiary alicyclic amines) is 1. The second kappa shape index (κ2) is 6.75. The lowest BCUT2D eigenvalue weighted by atomic mass is 10.0. The number of fused-ring (bicyclic) bond motifs is 1. The molecule has 124 valence electrons. The summed E-state index contributed by atoms with van der Waals surface area (Å²) in [6.45, 7) is 10.5. The van der Waals surface area contributed by atoms with E-state index in [4.69, 9.17) is 10.7 Å². The molecule has 2 atom stereocenters. The molecule has 1 aromatic carbocycles. The lowest BCUT2D eigenvalue weighted by molar-refractivity contribution is 0.312. The molecule has 23 heavy (non-hydrogen) atoms. The number of hydrogen-bond donors (Lipinski definition) is 2. The van der Waals surface area contributed by atoms with Gasteiger partial charge in [0.25, 0.3) is 0 Å². The zero-order chi connectivity index (χ0) is 16.4. The lowest BCUT2D eigenvalue weighted by Gasteiger charge is -2.28. The quantitative estimate of drug-likeness (QED) is 0.855. The van der Waals surface area contributed by atoms with Crippen molar-refractivity contribution >= 4 is 11.0 Å². The minimum absolute atomic E-state index is 0.401. The van der Waals surface area contributed by atoms with Crippen molar-refractivity contribution in [3.63, 3.8) is 0 Å². The van der Waals surface area contributed by atoms with Gasteiger partial charge in [-0.2, -0.15) is 0 Å². The van der Waals surface area contributed by atoms with Gasteiger partial charge in [-0.1, -0.05) is 19.6 Å². The summed E-state index contributed by atoms with van der Waals surface area (Å²) >= 11 is 0. The van der Waals surface area contributed by atoms with Crippen molar-refractivity contribution in [2.45, 2.75) is 51.5 Å². The molecule has 0 bridgehead atoms. The number of benzene rings is 1. The molecule has 0 saturated carbocycles. The first-order chi connectivity index (χ1) is 11.1. The van der Waals surface area contributed by atoms with E-state index < -0.39 is 0 Å². The van der Waals surface area contributed by atoms with Gasteiger partial charge in [0, 0.05) is 30.7 Å². The van der Waals surface area contributed by atoms with Crippen molar-refractivity contribution in [2.24, 2.45) is 5.73 Å². The van der Waals surface area contributed by atoms with Crippen molar-refractivity contribution in [2.75, 3.05) is 13.1 Å². The van der Waals surface area contributed by atoms with Gasteiger partial charge in [-0.05, 0) is 50.3 Å². The molecule has 1 aliphatic heterocycles. The second-order valence-electron chi connectivity index (χ2n) is 6.87. The van der Waals surface area contributed by atoms with Crippen LogP contribution in [0.4, 0.5) is 0 Å². The Hall–Kier alpha value is -1.81.